The van der Waals surface area contributed by atoms with Crippen LogP contribution < -0.4 is 15.0 Å². The minimum atomic E-state index is -0.0685. The highest BCUT2D eigenvalue weighted by molar-refractivity contribution is 6.09. The lowest BCUT2D eigenvalue weighted by Crippen LogP contribution is -2.27. The molecule has 3 aromatic rings. The molecule has 0 saturated heterocycles. The number of fused-ring (bicyclic) bond motifs is 3. The number of hydrogen-bond acceptors (Lipinski definition) is 5. The second-order valence-corrected chi connectivity index (χ2v) is 6.78. The molecule has 0 aliphatic carbocycles. The fourth-order valence-corrected chi connectivity index (χ4v) is 3.47. The third kappa shape index (κ3) is 2.92. The van der Waals surface area contributed by atoms with E-state index in [2.05, 4.69) is 10.00 Å². The van der Waals surface area contributed by atoms with Crippen molar-refractivity contribution < 1.29 is 9.47 Å². The number of hydrogen-bond donors (Lipinski definition) is 0. The number of nitrogens with zero attached hydrogens (tertiary/aromatic N) is 4. The molecule has 140 valence electrons. The van der Waals surface area contributed by atoms with Gasteiger partial charge in [0.15, 0.2) is 11.5 Å². The molecule has 0 fully saturated rings. The predicted octanol–water partition coefficient (Wildman–Crippen LogP) is 2.17. The first-order valence-electron chi connectivity index (χ1n) is 8.65. The molecule has 0 amide bonds. The van der Waals surface area contributed by atoms with Gasteiger partial charge >= 0.3 is 0 Å². The summed E-state index contributed by atoms with van der Waals surface area (Å²) < 4.78 is 14.3. The van der Waals surface area contributed by atoms with E-state index in [0.717, 1.165) is 34.9 Å². The highest BCUT2D eigenvalue weighted by atomic mass is 16.5. The average molecular weight is 358 g/mol. The Labute approximate surface area is 152 Å². The Morgan fingerprint density at radius 1 is 1.15 bits per heavy atom. The first kappa shape index (κ1) is 18.3. The first-order chi connectivity index (χ1) is 12.4. The standard InChI is InChI=1S/C19H26N4O3/c1-12-17-13-10-15(25-5)16(26-6)11-14(13)22(4)18(17)19(24)23(20-12)9-7-8-21(2)3/h10-11H,7-9H2,1-6H3. The maximum absolute atomic E-state index is 13.1. The molecule has 7 nitrogen and oxygen atoms in total. The summed E-state index contributed by atoms with van der Waals surface area (Å²) in [7, 11) is 9.17. The quantitative estimate of drug-likeness (QED) is 0.676. The van der Waals surface area contributed by atoms with E-state index in [-0.39, 0.29) is 5.56 Å². The molecule has 0 unspecified atom stereocenters. The van der Waals surface area contributed by atoms with Gasteiger partial charge in [0.05, 0.1) is 25.4 Å². The van der Waals surface area contributed by atoms with E-state index in [1.807, 2.05) is 44.8 Å². The van der Waals surface area contributed by atoms with Crippen LogP contribution in [0.3, 0.4) is 0 Å². The summed E-state index contributed by atoms with van der Waals surface area (Å²) in [4.78, 5) is 15.2. The Morgan fingerprint density at radius 3 is 2.42 bits per heavy atom. The highest BCUT2D eigenvalue weighted by Gasteiger charge is 2.19. The molecule has 0 spiro atoms. The van der Waals surface area contributed by atoms with Gasteiger partial charge in [-0.15, -0.1) is 0 Å². The zero-order valence-electron chi connectivity index (χ0n) is 16.3. The van der Waals surface area contributed by atoms with Crippen molar-refractivity contribution >= 4 is 21.8 Å². The summed E-state index contributed by atoms with van der Waals surface area (Å²) in [6, 6.07) is 3.82. The molecular weight excluding hydrogens is 332 g/mol. The van der Waals surface area contributed by atoms with Gasteiger partial charge in [0.2, 0.25) is 0 Å². The van der Waals surface area contributed by atoms with Gasteiger partial charge in [-0.25, -0.2) is 4.68 Å². The zero-order valence-corrected chi connectivity index (χ0v) is 16.3. The summed E-state index contributed by atoms with van der Waals surface area (Å²) in [5.74, 6) is 1.28. The van der Waals surface area contributed by atoms with E-state index in [1.54, 1.807) is 18.9 Å². The Kier molecular flexibility index (Phi) is 4.91. The van der Waals surface area contributed by atoms with Crippen LogP contribution >= 0.6 is 0 Å². The Morgan fingerprint density at radius 2 is 1.81 bits per heavy atom. The van der Waals surface area contributed by atoms with E-state index in [1.165, 1.54) is 0 Å². The molecule has 0 radical (unpaired) electrons. The van der Waals surface area contributed by atoms with Crippen molar-refractivity contribution in [3.05, 3.63) is 28.2 Å². The van der Waals surface area contributed by atoms with E-state index < -0.39 is 0 Å². The topological polar surface area (TPSA) is 61.5 Å². The van der Waals surface area contributed by atoms with Crippen molar-refractivity contribution in [3.63, 3.8) is 0 Å². The van der Waals surface area contributed by atoms with Crippen molar-refractivity contribution in [2.45, 2.75) is 19.9 Å². The van der Waals surface area contributed by atoms with Crippen LogP contribution in [0.4, 0.5) is 0 Å². The minimum Gasteiger partial charge on any atom is -0.493 e. The molecule has 0 atom stereocenters. The van der Waals surface area contributed by atoms with Crippen molar-refractivity contribution in [3.8, 4) is 11.5 Å². The van der Waals surface area contributed by atoms with Crippen molar-refractivity contribution in [2.24, 2.45) is 7.05 Å². The van der Waals surface area contributed by atoms with Crippen LogP contribution in [0, 0.1) is 6.92 Å². The van der Waals surface area contributed by atoms with Crippen molar-refractivity contribution in [1.82, 2.24) is 19.2 Å². The average Bonchev–Trinajstić information content (AvgIpc) is 2.90. The van der Waals surface area contributed by atoms with E-state index in [9.17, 15) is 4.79 Å². The van der Waals surface area contributed by atoms with Gasteiger partial charge in [0.25, 0.3) is 5.56 Å². The Hall–Kier alpha value is -2.54. The van der Waals surface area contributed by atoms with Gasteiger partial charge in [-0.1, -0.05) is 0 Å². The van der Waals surface area contributed by atoms with Crippen LogP contribution in [0.5, 0.6) is 11.5 Å². The van der Waals surface area contributed by atoms with Crippen LogP contribution in [-0.2, 0) is 13.6 Å². The van der Waals surface area contributed by atoms with Crippen LogP contribution in [0.15, 0.2) is 16.9 Å². The second-order valence-electron chi connectivity index (χ2n) is 6.78. The Balaban J connectivity index is 2.25. The van der Waals surface area contributed by atoms with Gasteiger partial charge in [0, 0.05) is 30.4 Å². The molecule has 26 heavy (non-hydrogen) atoms. The van der Waals surface area contributed by atoms with E-state index >= 15 is 0 Å². The lowest BCUT2D eigenvalue weighted by atomic mass is 10.1. The fourth-order valence-electron chi connectivity index (χ4n) is 3.47. The SMILES string of the molecule is COc1cc2c3c(C)nn(CCCN(C)C)c(=O)c3n(C)c2cc1OC. The predicted molar refractivity (Wildman–Crippen MR) is 103 cm³/mol. The minimum absolute atomic E-state index is 0.0685. The number of aryl methyl sites for hydroxylation is 3. The van der Waals surface area contributed by atoms with Crippen LogP contribution in [-0.4, -0.2) is 54.1 Å². The maximum Gasteiger partial charge on any atom is 0.291 e. The molecule has 2 aromatic heterocycles. The van der Waals surface area contributed by atoms with E-state index in [4.69, 9.17) is 9.47 Å². The third-order valence-electron chi connectivity index (χ3n) is 4.75. The summed E-state index contributed by atoms with van der Waals surface area (Å²) in [6.45, 7) is 3.46. The van der Waals surface area contributed by atoms with Gasteiger partial charge < -0.3 is 18.9 Å². The summed E-state index contributed by atoms with van der Waals surface area (Å²) in [5.41, 5.74) is 2.35. The molecule has 2 heterocycles. The molecule has 0 N–H and O–H groups in total. The van der Waals surface area contributed by atoms with Gasteiger partial charge in [-0.05, 0) is 40.1 Å². The number of aromatic nitrogens is 3. The molecule has 0 aliphatic heterocycles. The fraction of sp³-hybridized carbons (Fsp3) is 0.474. The lowest BCUT2D eigenvalue weighted by molar-refractivity contribution is 0.356. The number of benzene rings is 1. The molecule has 0 bridgehead atoms. The van der Waals surface area contributed by atoms with Gasteiger partial charge in [-0.2, -0.15) is 5.10 Å². The van der Waals surface area contributed by atoms with Gasteiger partial charge in [0.1, 0.15) is 5.52 Å². The maximum atomic E-state index is 13.1. The van der Waals surface area contributed by atoms with Crippen LogP contribution in [0.2, 0.25) is 0 Å². The lowest BCUT2D eigenvalue weighted by Gasteiger charge is -2.11. The smallest absolute Gasteiger partial charge is 0.291 e. The summed E-state index contributed by atoms with van der Waals surface area (Å²) in [6.07, 6.45) is 0.871. The molecular formula is C19H26N4O3. The highest BCUT2D eigenvalue weighted by Crippen LogP contribution is 2.37. The number of ether oxygens (including phenoxy) is 2. The van der Waals surface area contributed by atoms with E-state index in [0.29, 0.717) is 23.6 Å². The van der Waals surface area contributed by atoms with Crippen LogP contribution in [0.25, 0.3) is 21.8 Å². The van der Waals surface area contributed by atoms with Crippen molar-refractivity contribution in [1.29, 1.82) is 0 Å². The molecule has 0 aliphatic rings. The summed E-state index contributed by atoms with van der Waals surface area (Å²) in [5, 5.41) is 6.38. The van der Waals surface area contributed by atoms with Crippen molar-refractivity contribution in [2.75, 3.05) is 34.9 Å². The molecule has 7 heteroatoms. The summed E-state index contributed by atoms with van der Waals surface area (Å²) >= 11 is 0. The number of rotatable bonds is 6. The third-order valence-corrected chi connectivity index (χ3v) is 4.75. The van der Waals surface area contributed by atoms with Gasteiger partial charge in [-0.3, -0.25) is 4.79 Å². The monoisotopic (exact) mass is 358 g/mol. The largest absolute Gasteiger partial charge is 0.493 e. The second kappa shape index (κ2) is 6.99. The molecule has 0 saturated carbocycles. The van der Waals surface area contributed by atoms with Crippen LogP contribution in [0.1, 0.15) is 12.1 Å². The zero-order chi connectivity index (χ0) is 19.0. The molecule has 3 rings (SSSR count). The Bertz CT molecular complexity index is 1020. The first-order valence-corrected chi connectivity index (χ1v) is 8.65. The number of methoxy groups -OCH3 is 2. The molecule has 1 aromatic carbocycles. The normalized spacial score (nSPS) is 11.7.